The highest BCUT2D eigenvalue weighted by Gasteiger charge is 2.41. The molecule has 3 rings (SSSR count). The molecule has 0 saturated carbocycles. The number of ether oxygens (including phenoxy) is 3. The van der Waals surface area contributed by atoms with E-state index in [-0.39, 0.29) is 12.0 Å². The summed E-state index contributed by atoms with van der Waals surface area (Å²) in [6.45, 7) is 3.63. The standard InChI is InChI=1S/C23H29NO4/c1-17-6-4-5-7-20(17)21(27-3)16-24-22(25)23(12-14-28-15-13-23)18-8-10-19(26-2)11-9-18/h4-11,21H,12-16H2,1-3H3,(H,24,25). The van der Waals surface area contributed by atoms with Gasteiger partial charge in [-0.15, -0.1) is 0 Å². The molecule has 2 aromatic rings. The first kappa shape index (κ1) is 20.4. The molecule has 150 valence electrons. The third kappa shape index (κ3) is 4.21. The minimum absolute atomic E-state index is 0.0246. The second-order valence-corrected chi connectivity index (χ2v) is 7.21. The Bertz CT molecular complexity index is 781. The van der Waals surface area contributed by atoms with Crippen LogP contribution < -0.4 is 10.1 Å². The summed E-state index contributed by atoms with van der Waals surface area (Å²) in [5.41, 5.74) is 2.66. The van der Waals surface area contributed by atoms with Crippen molar-refractivity contribution in [2.24, 2.45) is 0 Å². The average molecular weight is 383 g/mol. The summed E-state index contributed by atoms with van der Waals surface area (Å²) in [5, 5.41) is 3.15. The van der Waals surface area contributed by atoms with E-state index in [0.29, 0.717) is 32.6 Å². The average Bonchev–Trinajstić information content (AvgIpc) is 2.75. The zero-order chi connectivity index (χ0) is 20.0. The first-order chi connectivity index (χ1) is 13.6. The normalized spacial score (nSPS) is 17.0. The van der Waals surface area contributed by atoms with Crippen molar-refractivity contribution < 1.29 is 19.0 Å². The molecule has 28 heavy (non-hydrogen) atoms. The minimum atomic E-state index is -0.589. The third-order valence-corrected chi connectivity index (χ3v) is 5.69. The Hall–Kier alpha value is -2.37. The molecule has 1 fully saturated rings. The smallest absolute Gasteiger partial charge is 0.230 e. The molecule has 0 aromatic heterocycles. The predicted molar refractivity (Wildman–Crippen MR) is 109 cm³/mol. The predicted octanol–water partition coefficient (Wildman–Crippen LogP) is 3.56. The zero-order valence-corrected chi connectivity index (χ0v) is 16.9. The van der Waals surface area contributed by atoms with E-state index in [1.165, 1.54) is 0 Å². The van der Waals surface area contributed by atoms with E-state index in [1.807, 2.05) is 42.5 Å². The van der Waals surface area contributed by atoms with Crippen LogP contribution in [0.5, 0.6) is 5.75 Å². The minimum Gasteiger partial charge on any atom is -0.497 e. The Morgan fingerprint density at radius 1 is 1.11 bits per heavy atom. The second kappa shape index (κ2) is 9.22. The quantitative estimate of drug-likeness (QED) is 0.794. The van der Waals surface area contributed by atoms with E-state index in [2.05, 4.69) is 18.3 Å². The maximum absolute atomic E-state index is 13.4. The Balaban J connectivity index is 1.79. The van der Waals surface area contributed by atoms with E-state index in [4.69, 9.17) is 14.2 Å². The first-order valence-corrected chi connectivity index (χ1v) is 9.69. The van der Waals surface area contributed by atoms with E-state index in [9.17, 15) is 4.79 Å². The zero-order valence-electron chi connectivity index (χ0n) is 16.9. The summed E-state index contributed by atoms with van der Waals surface area (Å²) in [6.07, 6.45) is 1.14. The summed E-state index contributed by atoms with van der Waals surface area (Å²) in [6, 6.07) is 15.9. The molecular weight excluding hydrogens is 354 g/mol. The van der Waals surface area contributed by atoms with Crippen molar-refractivity contribution in [2.45, 2.75) is 31.3 Å². The Kier molecular flexibility index (Phi) is 6.70. The van der Waals surface area contributed by atoms with Gasteiger partial charge in [-0.05, 0) is 48.6 Å². The molecule has 2 aromatic carbocycles. The van der Waals surface area contributed by atoms with Crippen molar-refractivity contribution in [2.75, 3.05) is 34.0 Å². The summed E-state index contributed by atoms with van der Waals surface area (Å²) < 4.78 is 16.5. The molecule has 1 saturated heterocycles. The highest BCUT2D eigenvalue weighted by atomic mass is 16.5. The van der Waals surface area contributed by atoms with Gasteiger partial charge in [0.1, 0.15) is 5.75 Å². The summed E-state index contributed by atoms with van der Waals surface area (Å²) in [5.74, 6) is 0.807. The van der Waals surface area contributed by atoms with Gasteiger partial charge in [0.15, 0.2) is 0 Å². The fourth-order valence-electron chi connectivity index (χ4n) is 3.90. The summed E-state index contributed by atoms with van der Waals surface area (Å²) in [7, 11) is 3.32. The lowest BCUT2D eigenvalue weighted by atomic mass is 9.73. The lowest BCUT2D eigenvalue weighted by Crippen LogP contribution is -2.49. The van der Waals surface area contributed by atoms with Crippen LogP contribution in [-0.4, -0.2) is 39.9 Å². The van der Waals surface area contributed by atoms with Gasteiger partial charge in [-0.2, -0.15) is 0 Å². The van der Waals surface area contributed by atoms with Gasteiger partial charge >= 0.3 is 0 Å². The van der Waals surface area contributed by atoms with Crippen LogP contribution in [0.2, 0.25) is 0 Å². The van der Waals surface area contributed by atoms with E-state index >= 15 is 0 Å². The molecule has 1 aliphatic heterocycles. The number of amides is 1. The Labute approximate surface area is 167 Å². The molecule has 1 unspecified atom stereocenters. The van der Waals surface area contributed by atoms with Gasteiger partial charge in [0.25, 0.3) is 0 Å². The SMILES string of the molecule is COc1ccc(C2(C(=O)NCC(OC)c3ccccc3C)CCOCC2)cc1. The molecule has 0 bridgehead atoms. The maximum Gasteiger partial charge on any atom is 0.230 e. The van der Waals surface area contributed by atoms with Gasteiger partial charge in [-0.1, -0.05) is 36.4 Å². The maximum atomic E-state index is 13.4. The number of rotatable bonds is 7. The van der Waals surface area contributed by atoms with Crippen molar-refractivity contribution >= 4 is 5.91 Å². The van der Waals surface area contributed by atoms with Gasteiger partial charge in [0.2, 0.25) is 5.91 Å². The second-order valence-electron chi connectivity index (χ2n) is 7.21. The highest BCUT2D eigenvalue weighted by molar-refractivity contribution is 5.88. The van der Waals surface area contributed by atoms with E-state index < -0.39 is 5.41 Å². The lowest BCUT2D eigenvalue weighted by Gasteiger charge is -2.36. The molecule has 1 N–H and O–H groups in total. The van der Waals surface area contributed by atoms with Gasteiger partial charge in [0, 0.05) is 26.9 Å². The first-order valence-electron chi connectivity index (χ1n) is 9.69. The molecule has 0 radical (unpaired) electrons. The van der Waals surface area contributed by atoms with Gasteiger partial charge < -0.3 is 19.5 Å². The van der Waals surface area contributed by atoms with Crippen molar-refractivity contribution in [1.82, 2.24) is 5.32 Å². The van der Waals surface area contributed by atoms with Crippen LogP contribution in [0, 0.1) is 6.92 Å². The summed E-state index contributed by atoms with van der Waals surface area (Å²) >= 11 is 0. The number of carbonyl (C=O) groups excluding carboxylic acids is 1. The van der Waals surface area contributed by atoms with Crippen molar-refractivity contribution in [3.05, 3.63) is 65.2 Å². The van der Waals surface area contributed by atoms with Gasteiger partial charge in [-0.3, -0.25) is 4.79 Å². The number of hydrogen-bond acceptors (Lipinski definition) is 4. The number of benzene rings is 2. The number of hydrogen-bond donors (Lipinski definition) is 1. The number of aryl methyl sites for hydroxylation is 1. The monoisotopic (exact) mass is 383 g/mol. The highest BCUT2D eigenvalue weighted by Crippen LogP contribution is 2.36. The van der Waals surface area contributed by atoms with Gasteiger partial charge in [-0.25, -0.2) is 0 Å². The van der Waals surface area contributed by atoms with Crippen molar-refractivity contribution in [3.8, 4) is 5.75 Å². The summed E-state index contributed by atoms with van der Waals surface area (Å²) in [4.78, 5) is 13.4. The molecule has 5 heteroatoms. The van der Waals surface area contributed by atoms with Gasteiger partial charge in [0.05, 0.1) is 18.6 Å². The van der Waals surface area contributed by atoms with Crippen molar-refractivity contribution in [1.29, 1.82) is 0 Å². The molecular formula is C23H29NO4. The third-order valence-electron chi connectivity index (χ3n) is 5.69. The topological polar surface area (TPSA) is 56.8 Å². The van der Waals surface area contributed by atoms with E-state index in [0.717, 1.165) is 22.4 Å². The van der Waals surface area contributed by atoms with Crippen LogP contribution >= 0.6 is 0 Å². The number of methoxy groups -OCH3 is 2. The van der Waals surface area contributed by atoms with E-state index in [1.54, 1.807) is 14.2 Å². The molecule has 0 spiro atoms. The van der Waals surface area contributed by atoms with Crippen LogP contribution in [0.1, 0.15) is 35.6 Å². The van der Waals surface area contributed by atoms with Crippen LogP contribution in [0.15, 0.2) is 48.5 Å². The molecule has 1 heterocycles. The Morgan fingerprint density at radius 2 is 1.79 bits per heavy atom. The molecule has 0 aliphatic carbocycles. The molecule has 1 aliphatic rings. The fraction of sp³-hybridized carbons (Fsp3) is 0.435. The number of carbonyl (C=O) groups is 1. The number of nitrogens with one attached hydrogen (secondary N) is 1. The van der Waals surface area contributed by atoms with Crippen molar-refractivity contribution in [3.63, 3.8) is 0 Å². The lowest BCUT2D eigenvalue weighted by molar-refractivity contribution is -0.131. The molecule has 1 amide bonds. The largest absolute Gasteiger partial charge is 0.497 e. The molecule has 1 atom stereocenters. The van der Waals surface area contributed by atoms with Crippen LogP contribution in [0.4, 0.5) is 0 Å². The van der Waals surface area contributed by atoms with Crippen LogP contribution in [0.25, 0.3) is 0 Å². The fourth-order valence-corrected chi connectivity index (χ4v) is 3.90. The van der Waals surface area contributed by atoms with Crippen LogP contribution in [-0.2, 0) is 19.7 Å². The van der Waals surface area contributed by atoms with Crippen LogP contribution in [0.3, 0.4) is 0 Å². The Morgan fingerprint density at radius 3 is 2.39 bits per heavy atom. The molecule has 5 nitrogen and oxygen atoms in total.